The van der Waals surface area contributed by atoms with Gasteiger partial charge in [0.05, 0.1) is 5.56 Å². The Bertz CT molecular complexity index is 607. The Morgan fingerprint density at radius 1 is 1.38 bits per heavy atom. The maximum Gasteiger partial charge on any atom is 0.254 e. The van der Waals surface area contributed by atoms with E-state index in [-0.39, 0.29) is 12.0 Å². The third-order valence-electron chi connectivity index (χ3n) is 3.54. The molecule has 6 heteroatoms. The second-order valence-corrected chi connectivity index (χ2v) is 5.84. The van der Waals surface area contributed by atoms with Crippen molar-refractivity contribution in [1.29, 1.82) is 0 Å². The van der Waals surface area contributed by atoms with Gasteiger partial charge in [0.15, 0.2) is 0 Å². The van der Waals surface area contributed by atoms with E-state index in [0.717, 1.165) is 31.5 Å². The summed E-state index contributed by atoms with van der Waals surface area (Å²) in [5.41, 5.74) is 0.783. The molecular formula is C15H17N3O2S. The predicted octanol–water partition coefficient (Wildman–Crippen LogP) is 2.53. The van der Waals surface area contributed by atoms with Gasteiger partial charge in [-0.1, -0.05) is 0 Å². The lowest BCUT2D eigenvalue weighted by atomic mass is 10.1. The lowest BCUT2D eigenvalue weighted by molar-refractivity contribution is 0.0588. The van der Waals surface area contributed by atoms with E-state index < -0.39 is 0 Å². The summed E-state index contributed by atoms with van der Waals surface area (Å²) in [5, 5.41) is 3.83. The molecule has 0 saturated carbocycles. The Hall–Kier alpha value is -1.95. The molecule has 1 aliphatic heterocycles. The zero-order chi connectivity index (χ0) is 14.7. The Labute approximate surface area is 127 Å². The molecule has 0 radical (unpaired) electrons. The van der Waals surface area contributed by atoms with Gasteiger partial charge in [0, 0.05) is 43.6 Å². The van der Waals surface area contributed by atoms with Crippen molar-refractivity contribution in [2.24, 2.45) is 0 Å². The standard InChI is InChI=1S/C15H17N3O2S/c1-11-16-6-2-14(17-11)20-13-3-7-18(8-4-13)15(19)12-5-9-21-10-12/h2,5-6,9-10,13H,3-4,7-8H2,1H3. The molecule has 1 aliphatic rings. The highest BCUT2D eigenvalue weighted by molar-refractivity contribution is 7.08. The molecule has 0 N–H and O–H groups in total. The van der Waals surface area contributed by atoms with E-state index in [1.807, 2.05) is 28.7 Å². The molecule has 3 rings (SSSR count). The number of carbonyl (C=O) groups excluding carboxylic acids is 1. The van der Waals surface area contributed by atoms with Gasteiger partial charge in [-0.05, 0) is 18.4 Å². The zero-order valence-corrected chi connectivity index (χ0v) is 12.7. The van der Waals surface area contributed by atoms with Crippen molar-refractivity contribution in [3.05, 3.63) is 40.5 Å². The van der Waals surface area contributed by atoms with Crippen molar-refractivity contribution in [2.75, 3.05) is 13.1 Å². The summed E-state index contributed by atoms with van der Waals surface area (Å²) >= 11 is 1.55. The smallest absolute Gasteiger partial charge is 0.254 e. The molecule has 110 valence electrons. The summed E-state index contributed by atoms with van der Waals surface area (Å²) in [5.74, 6) is 1.44. The summed E-state index contributed by atoms with van der Waals surface area (Å²) in [4.78, 5) is 22.4. The van der Waals surface area contributed by atoms with Gasteiger partial charge in [0.2, 0.25) is 5.88 Å². The highest BCUT2D eigenvalue weighted by Crippen LogP contribution is 2.19. The third-order valence-corrected chi connectivity index (χ3v) is 4.22. The van der Waals surface area contributed by atoms with Crippen LogP contribution < -0.4 is 4.74 Å². The maximum absolute atomic E-state index is 12.2. The van der Waals surface area contributed by atoms with E-state index in [0.29, 0.717) is 11.7 Å². The number of rotatable bonds is 3. The van der Waals surface area contributed by atoms with Crippen LogP contribution in [0.1, 0.15) is 29.0 Å². The van der Waals surface area contributed by atoms with Gasteiger partial charge in [-0.3, -0.25) is 4.79 Å². The first kappa shape index (κ1) is 14.0. The molecule has 0 bridgehead atoms. The van der Waals surface area contributed by atoms with Gasteiger partial charge in [-0.15, -0.1) is 0 Å². The number of hydrogen-bond acceptors (Lipinski definition) is 5. The number of likely N-dealkylation sites (tertiary alicyclic amines) is 1. The minimum absolute atomic E-state index is 0.117. The molecule has 0 aliphatic carbocycles. The van der Waals surface area contributed by atoms with Crippen LogP contribution in [0.15, 0.2) is 29.1 Å². The minimum Gasteiger partial charge on any atom is -0.474 e. The van der Waals surface area contributed by atoms with Crippen molar-refractivity contribution in [3.8, 4) is 5.88 Å². The van der Waals surface area contributed by atoms with E-state index in [2.05, 4.69) is 9.97 Å². The van der Waals surface area contributed by atoms with E-state index in [1.165, 1.54) is 0 Å². The maximum atomic E-state index is 12.2. The fourth-order valence-corrected chi connectivity index (χ4v) is 3.05. The third kappa shape index (κ3) is 3.39. The summed E-state index contributed by atoms with van der Waals surface area (Å²) in [6.45, 7) is 3.29. The summed E-state index contributed by atoms with van der Waals surface area (Å²) in [6.07, 6.45) is 3.48. The van der Waals surface area contributed by atoms with E-state index in [9.17, 15) is 4.79 Å². The average molecular weight is 303 g/mol. The van der Waals surface area contributed by atoms with Crippen LogP contribution in [0.3, 0.4) is 0 Å². The second-order valence-electron chi connectivity index (χ2n) is 5.06. The van der Waals surface area contributed by atoms with Crippen molar-refractivity contribution < 1.29 is 9.53 Å². The monoisotopic (exact) mass is 303 g/mol. The van der Waals surface area contributed by atoms with Gasteiger partial charge in [-0.25, -0.2) is 4.98 Å². The Morgan fingerprint density at radius 2 is 2.19 bits per heavy atom. The molecule has 0 atom stereocenters. The van der Waals surface area contributed by atoms with Crippen LogP contribution in [-0.4, -0.2) is 40.0 Å². The van der Waals surface area contributed by atoms with Gasteiger partial charge < -0.3 is 9.64 Å². The molecule has 0 unspecified atom stereocenters. The number of hydrogen-bond donors (Lipinski definition) is 0. The number of piperidine rings is 1. The quantitative estimate of drug-likeness (QED) is 0.874. The van der Waals surface area contributed by atoms with Crippen LogP contribution in [0.25, 0.3) is 0 Å². The van der Waals surface area contributed by atoms with Crippen LogP contribution in [0.5, 0.6) is 5.88 Å². The number of nitrogens with zero attached hydrogens (tertiary/aromatic N) is 3. The fraction of sp³-hybridized carbons (Fsp3) is 0.400. The fourth-order valence-electron chi connectivity index (χ4n) is 2.42. The summed E-state index contributed by atoms with van der Waals surface area (Å²) in [7, 11) is 0. The van der Waals surface area contributed by atoms with Crippen LogP contribution in [-0.2, 0) is 0 Å². The zero-order valence-electron chi connectivity index (χ0n) is 11.9. The molecule has 5 nitrogen and oxygen atoms in total. The molecule has 1 saturated heterocycles. The van der Waals surface area contributed by atoms with Crippen LogP contribution >= 0.6 is 11.3 Å². The predicted molar refractivity (Wildman–Crippen MR) is 80.6 cm³/mol. The lowest BCUT2D eigenvalue weighted by Crippen LogP contribution is -2.41. The molecule has 1 fully saturated rings. The first-order valence-corrected chi connectivity index (χ1v) is 7.94. The molecule has 0 aromatic carbocycles. The van der Waals surface area contributed by atoms with Gasteiger partial charge in [0.1, 0.15) is 11.9 Å². The van der Waals surface area contributed by atoms with Gasteiger partial charge in [-0.2, -0.15) is 16.3 Å². The second kappa shape index (κ2) is 6.22. The number of carbonyl (C=O) groups is 1. The van der Waals surface area contributed by atoms with Crippen molar-refractivity contribution in [1.82, 2.24) is 14.9 Å². The highest BCUT2D eigenvalue weighted by Gasteiger charge is 2.25. The number of thiophene rings is 1. The number of aromatic nitrogens is 2. The van der Waals surface area contributed by atoms with E-state index >= 15 is 0 Å². The number of amides is 1. The molecule has 1 amide bonds. The van der Waals surface area contributed by atoms with E-state index in [1.54, 1.807) is 23.6 Å². The molecule has 0 spiro atoms. The Balaban J connectivity index is 1.54. The average Bonchev–Trinajstić information content (AvgIpc) is 3.01. The number of ether oxygens (including phenoxy) is 1. The largest absolute Gasteiger partial charge is 0.474 e. The van der Waals surface area contributed by atoms with Gasteiger partial charge >= 0.3 is 0 Å². The van der Waals surface area contributed by atoms with Crippen LogP contribution in [0.2, 0.25) is 0 Å². The molecule has 2 aromatic rings. The minimum atomic E-state index is 0.117. The van der Waals surface area contributed by atoms with Crippen molar-refractivity contribution in [2.45, 2.75) is 25.9 Å². The molecule has 21 heavy (non-hydrogen) atoms. The summed E-state index contributed by atoms with van der Waals surface area (Å²) < 4.78 is 5.87. The highest BCUT2D eigenvalue weighted by atomic mass is 32.1. The first-order chi connectivity index (χ1) is 10.2. The first-order valence-electron chi connectivity index (χ1n) is 7.00. The summed E-state index contributed by atoms with van der Waals surface area (Å²) in [6, 6.07) is 3.65. The van der Waals surface area contributed by atoms with E-state index in [4.69, 9.17) is 4.74 Å². The number of aryl methyl sites for hydroxylation is 1. The SMILES string of the molecule is Cc1nccc(OC2CCN(C(=O)c3ccsc3)CC2)n1. The lowest BCUT2D eigenvalue weighted by Gasteiger charge is -2.31. The Morgan fingerprint density at radius 3 is 2.86 bits per heavy atom. The molecular weight excluding hydrogens is 286 g/mol. The van der Waals surface area contributed by atoms with Gasteiger partial charge in [0.25, 0.3) is 5.91 Å². The van der Waals surface area contributed by atoms with Crippen molar-refractivity contribution in [3.63, 3.8) is 0 Å². The Kier molecular flexibility index (Phi) is 4.15. The normalized spacial score (nSPS) is 16.0. The topological polar surface area (TPSA) is 55.3 Å². The molecule has 2 aromatic heterocycles. The molecule has 3 heterocycles. The van der Waals surface area contributed by atoms with Crippen LogP contribution in [0, 0.1) is 6.92 Å². The van der Waals surface area contributed by atoms with Crippen LogP contribution in [0.4, 0.5) is 0 Å². The van der Waals surface area contributed by atoms with Crippen molar-refractivity contribution >= 4 is 17.2 Å².